The van der Waals surface area contributed by atoms with Crippen molar-refractivity contribution < 1.29 is 0 Å². The van der Waals surface area contributed by atoms with Crippen molar-refractivity contribution in [2.75, 3.05) is 11.4 Å². The van der Waals surface area contributed by atoms with Crippen LogP contribution < -0.4 is 10.6 Å². The van der Waals surface area contributed by atoms with Crippen molar-refractivity contribution in [1.82, 2.24) is 19.5 Å². The molecule has 0 radical (unpaired) electrons. The summed E-state index contributed by atoms with van der Waals surface area (Å²) in [6, 6.07) is 1.84. The molecule has 3 heterocycles. The average Bonchev–Trinajstić information content (AvgIpc) is 2.86. The fraction of sp³-hybridized carbons (Fsp3) is 0.364. The normalized spacial score (nSPS) is 14.8. The van der Waals surface area contributed by atoms with Gasteiger partial charge in [-0.05, 0) is 6.07 Å². The van der Waals surface area contributed by atoms with E-state index < -0.39 is 0 Å². The van der Waals surface area contributed by atoms with Crippen molar-refractivity contribution in [3.8, 4) is 0 Å². The largest absolute Gasteiger partial charge is 0.332 e. The molecule has 2 aromatic rings. The van der Waals surface area contributed by atoms with Crippen LogP contribution >= 0.6 is 0 Å². The lowest BCUT2D eigenvalue weighted by atomic mass is 10.3. The van der Waals surface area contributed by atoms with E-state index in [4.69, 9.17) is 5.73 Å². The fourth-order valence-electron chi connectivity index (χ4n) is 1.99. The highest BCUT2D eigenvalue weighted by Crippen LogP contribution is 2.15. The molecule has 0 fully saturated rings. The van der Waals surface area contributed by atoms with Crippen molar-refractivity contribution in [3.05, 3.63) is 36.2 Å². The van der Waals surface area contributed by atoms with Crippen molar-refractivity contribution >= 4 is 5.95 Å². The van der Waals surface area contributed by atoms with Gasteiger partial charge in [0.2, 0.25) is 5.95 Å². The first kappa shape index (κ1) is 10.2. The molecular formula is C11H14N6. The molecule has 0 amide bonds. The van der Waals surface area contributed by atoms with Gasteiger partial charge in [-0.15, -0.1) is 0 Å². The second kappa shape index (κ2) is 4.14. The van der Waals surface area contributed by atoms with Crippen LogP contribution in [0.5, 0.6) is 0 Å². The summed E-state index contributed by atoms with van der Waals surface area (Å²) in [5.41, 5.74) is 6.45. The van der Waals surface area contributed by atoms with E-state index in [1.807, 2.05) is 18.5 Å². The predicted octanol–water partition coefficient (Wildman–Crippen LogP) is 0.152. The van der Waals surface area contributed by atoms with E-state index in [0.717, 1.165) is 37.1 Å². The van der Waals surface area contributed by atoms with Gasteiger partial charge in [0.1, 0.15) is 5.82 Å². The number of rotatable bonds is 2. The molecule has 17 heavy (non-hydrogen) atoms. The van der Waals surface area contributed by atoms with E-state index in [9.17, 15) is 0 Å². The number of aromatic nitrogens is 4. The number of hydrogen-bond acceptors (Lipinski definition) is 5. The molecule has 2 aromatic heterocycles. The standard InChI is InChI=1S/C11H14N6/c12-7-9-1-2-14-11(15-9)17-6-5-16-4-3-13-10(16)8-17/h1-4H,5-8,12H2. The number of anilines is 1. The Bertz CT molecular complexity index is 520. The maximum atomic E-state index is 5.58. The van der Waals surface area contributed by atoms with Crippen molar-refractivity contribution in [1.29, 1.82) is 0 Å². The highest BCUT2D eigenvalue weighted by Gasteiger charge is 2.18. The second-order valence-electron chi connectivity index (χ2n) is 4.01. The molecule has 0 spiro atoms. The average molecular weight is 230 g/mol. The molecule has 1 aliphatic heterocycles. The number of fused-ring (bicyclic) bond motifs is 1. The molecule has 0 saturated carbocycles. The molecule has 6 nitrogen and oxygen atoms in total. The molecule has 88 valence electrons. The summed E-state index contributed by atoms with van der Waals surface area (Å²) < 4.78 is 2.16. The van der Waals surface area contributed by atoms with E-state index in [-0.39, 0.29) is 0 Å². The zero-order valence-corrected chi connectivity index (χ0v) is 9.45. The van der Waals surface area contributed by atoms with Gasteiger partial charge in [-0.25, -0.2) is 15.0 Å². The Morgan fingerprint density at radius 3 is 3.06 bits per heavy atom. The van der Waals surface area contributed by atoms with Gasteiger partial charge < -0.3 is 15.2 Å². The molecular weight excluding hydrogens is 216 g/mol. The monoisotopic (exact) mass is 230 g/mol. The minimum atomic E-state index is 0.442. The SMILES string of the molecule is NCc1ccnc(N2CCn3ccnc3C2)n1. The zero-order chi connectivity index (χ0) is 11.7. The smallest absolute Gasteiger partial charge is 0.226 e. The number of nitrogens with zero attached hydrogens (tertiary/aromatic N) is 5. The molecule has 0 aromatic carbocycles. The van der Waals surface area contributed by atoms with Crippen LogP contribution in [-0.4, -0.2) is 26.1 Å². The van der Waals surface area contributed by atoms with E-state index >= 15 is 0 Å². The van der Waals surface area contributed by atoms with Gasteiger partial charge in [-0.3, -0.25) is 0 Å². The molecule has 0 unspecified atom stereocenters. The van der Waals surface area contributed by atoms with Gasteiger partial charge in [-0.2, -0.15) is 0 Å². The maximum absolute atomic E-state index is 5.58. The lowest BCUT2D eigenvalue weighted by molar-refractivity contribution is 0.550. The molecule has 0 saturated heterocycles. The fourth-order valence-corrected chi connectivity index (χ4v) is 1.99. The third kappa shape index (κ3) is 1.87. The quantitative estimate of drug-likeness (QED) is 0.795. The molecule has 0 bridgehead atoms. The molecule has 3 rings (SSSR count). The van der Waals surface area contributed by atoms with Crippen LogP contribution in [0.25, 0.3) is 0 Å². The lowest BCUT2D eigenvalue weighted by Crippen LogP contribution is -2.34. The van der Waals surface area contributed by atoms with E-state index in [1.165, 1.54) is 0 Å². The van der Waals surface area contributed by atoms with Gasteiger partial charge in [0.15, 0.2) is 0 Å². The van der Waals surface area contributed by atoms with Crippen LogP contribution in [0.1, 0.15) is 11.5 Å². The summed E-state index contributed by atoms with van der Waals surface area (Å²) in [5.74, 6) is 1.79. The van der Waals surface area contributed by atoms with Gasteiger partial charge in [0.05, 0.1) is 12.2 Å². The zero-order valence-electron chi connectivity index (χ0n) is 9.45. The molecule has 0 aliphatic carbocycles. The summed E-state index contributed by atoms with van der Waals surface area (Å²) >= 11 is 0. The topological polar surface area (TPSA) is 72.9 Å². The van der Waals surface area contributed by atoms with E-state index in [1.54, 1.807) is 6.20 Å². The Hall–Kier alpha value is -1.95. The summed E-state index contributed by atoms with van der Waals surface area (Å²) in [6.07, 6.45) is 5.59. The molecule has 1 aliphatic rings. The van der Waals surface area contributed by atoms with Gasteiger partial charge in [0, 0.05) is 38.2 Å². The number of nitrogens with two attached hydrogens (primary N) is 1. The highest BCUT2D eigenvalue weighted by molar-refractivity contribution is 5.31. The Labute approximate surface area is 99.1 Å². The number of hydrogen-bond donors (Lipinski definition) is 1. The second-order valence-corrected chi connectivity index (χ2v) is 4.01. The van der Waals surface area contributed by atoms with Crippen molar-refractivity contribution in [3.63, 3.8) is 0 Å². The molecule has 6 heteroatoms. The van der Waals surface area contributed by atoms with Crippen LogP contribution in [0.4, 0.5) is 5.95 Å². The first-order valence-corrected chi connectivity index (χ1v) is 5.64. The van der Waals surface area contributed by atoms with E-state index in [0.29, 0.717) is 6.54 Å². The van der Waals surface area contributed by atoms with E-state index in [2.05, 4.69) is 24.4 Å². The minimum Gasteiger partial charge on any atom is -0.332 e. The van der Waals surface area contributed by atoms with Crippen LogP contribution in [0, 0.1) is 0 Å². The van der Waals surface area contributed by atoms with Crippen LogP contribution in [-0.2, 0) is 19.6 Å². The minimum absolute atomic E-state index is 0.442. The third-order valence-electron chi connectivity index (χ3n) is 2.94. The molecule has 2 N–H and O–H groups in total. The predicted molar refractivity (Wildman–Crippen MR) is 63.2 cm³/mol. The van der Waals surface area contributed by atoms with Crippen LogP contribution in [0.15, 0.2) is 24.7 Å². The summed E-state index contributed by atoms with van der Waals surface area (Å²) in [7, 11) is 0. The highest BCUT2D eigenvalue weighted by atomic mass is 15.3. The maximum Gasteiger partial charge on any atom is 0.226 e. The Kier molecular flexibility index (Phi) is 2.49. The Morgan fingerprint density at radius 1 is 1.24 bits per heavy atom. The first-order chi connectivity index (χ1) is 8.36. The van der Waals surface area contributed by atoms with Gasteiger partial charge in [0.25, 0.3) is 0 Å². The number of imidazole rings is 1. The molecule has 0 atom stereocenters. The Morgan fingerprint density at radius 2 is 2.18 bits per heavy atom. The summed E-state index contributed by atoms with van der Waals surface area (Å²) in [4.78, 5) is 15.2. The lowest BCUT2D eigenvalue weighted by Gasteiger charge is -2.27. The van der Waals surface area contributed by atoms with Gasteiger partial charge >= 0.3 is 0 Å². The van der Waals surface area contributed by atoms with Crippen LogP contribution in [0.3, 0.4) is 0 Å². The summed E-state index contributed by atoms with van der Waals surface area (Å²) in [6.45, 7) is 3.02. The Balaban J connectivity index is 1.86. The van der Waals surface area contributed by atoms with Gasteiger partial charge in [-0.1, -0.05) is 0 Å². The first-order valence-electron chi connectivity index (χ1n) is 5.64. The van der Waals surface area contributed by atoms with Crippen molar-refractivity contribution in [2.45, 2.75) is 19.6 Å². The summed E-state index contributed by atoms with van der Waals surface area (Å²) in [5, 5.41) is 0. The third-order valence-corrected chi connectivity index (χ3v) is 2.94. The van der Waals surface area contributed by atoms with Crippen molar-refractivity contribution in [2.24, 2.45) is 5.73 Å². The van der Waals surface area contributed by atoms with Crippen LogP contribution in [0.2, 0.25) is 0 Å².